The van der Waals surface area contributed by atoms with E-state index < -0.39 is 0 Å². The van der Waals surface area contributed by atoms with Crippen LogP contribution in [-0.4, -0.2) is 0 Å². The lowest BCUT2D eigenvalue weighted by molar-refractivity contribution is -0.0602. The first kappa shape index (κ1) is 9.87. The maximum absolute atomic E-state index is 2.03. The smallest absolute Gasteiger partial charge is 0.0204 e. The number of hydrogen-bond acceptors (Lipinski definition) is 0. The zero-order valence-electron chi connectivity index (χ0n) is 10.9. The van der Waals surface area contributed by atoms with E-state index in [2.05, 4.69) is 0 Å². The molecule has 0 heterocycles. The number of fused-ring (bicyclic) bond motifs is 2. The Balaban J connectivity index is 1.44. The summed E-state index contributed by atoms with van der Waals surface area (Å²) >= 11 is 0. The van der Waals surface area contributed by atoms with Gasteiger partial charge in [0, 0.05) is 0 Å². The first-order chi connectivity index (χ1) is 8.37. The molecule has 0 nitrogen and oxygen atoms in total. The van der Waals surface area contributed by atoms with Crippen molar-refractivity contribution in [2.75, 3.05) is 0 Å². The van der Waals surface area contributed by atoms with Crippen LogP contribution in [0, 0.1) is 47.3 Å². The van der Waals surface area contributed by atoms with Crippen LogP contribution in [-0.2, 0) is 0 Å². The van der Waals surface area contributed by atoms with E-state index in [1.165, 1.54) is 24.2 Å². The maximum Gasteiger partial charge on any atom is -0.0204 e. The lowest BCUT2D eigenvalue weighted by atomic mass is 9.48. The first-order valence-electron chi connectivity index (χ1n) is 8.21. The number of rotatable bonds is 1. The Kier molecular flexibility index (Phi) is 1.92. The van der Waals surface area contributed by atoms with Crippen molar-refractivity contribution in [3.8, 4) is 0 Å². The van der Waals surface area contributed by atoms with Gasteiger partial charge >= 0.3 is 0 Å². The highest BCUT2D eigenvalue weighted by Gasteiger charge is 2.54. The van der Waals surface area contributed by atoms with Crippen molar-refractivity contribution >= 4 is 0 Å². The lowest BCUT2D eigenvalue weighted by Crippen LogP contribution is -2.48. The van der Waals surface area contributed by atoms with E-state index >= 15 is 0 Å². The van der Waals surface area contributed by atoms with Crippen molar-refractivity contribution in [3.63, 3.8) is 0 Å². The molecule has 6 saturated carbocycles. The van der Waals surface area contributed by atoms with Crippen LogP contribution in [0.15, 0.2) is 0 Å². The van der Waals surface area contributed by atoms with Crippen LogP contribution in [0.25, 0.3) is 0 Å². The molecule has 6 bridgehead atoms. The van der Waals surface area contributed by atoms with E-state index in [4.69, 9.17) is 0 Å². The predicted octanol–water partition coefficient (Wildman–Crippen LogP) is 4.45. The Morgan fingerprint density at radius 1 is 0.706 bits per heavy atom. The Hall–Kier alpha value is 0. The molecule has 0 aliphatic heterocycles. The van der Waals surface area contributed by atoms with Gasteiger partial charge in [0.25, 0.3) is 0 Å². The SMILES string of the molecule is C1CC2C[C]1C(C1C3CC4CC(C3)CC1C4)C2. The predicted molar refractivity (Wildman–Crippen MR) is 69.2 cm³/mol. The molecule has 6 fully saturated rings. The van der Waals surface area contributed by atoms with Gasteiger partial charge in [0.1, 0.15) is 0 Å². The fourth-order valence-electron chi connectivity index (χ4n) is 7.08. The molecule has 6 aliphatic rings. The van der Waals surface area contributed by atoms with E-state index in [1.54, 1.807) is 51.4 Å². The van der Waals surface area contributed by atoms with Crippen LogP contribution in [0.2, 0.25) is 0 Å². The summed E-state index contributed by atoms with van der Waals surface area (Å²) in [6.45, 7) is 0. The molecule has 6 aliphatic carbocycles. The van der Waals surface area contributed by atoms with Crippen molar-refractivity contribution in [1.82, 2.24) is 0 Å². The minimum Gasteiger partial charge on any atom is -0.0499 e. The van der Waals surface area contributed by atoms with Crippen LogP contribution in [0.5, 0.6) is 0 Å². The lowest BCUT2D eigenvalue weighted by Gasteiger charge is -2.57. The van der Waals surface area contributed by atoms with Crippen LogP contribution in [0.1, 0.15) is 57.8 Å². The van der Waals surface area contributed by atoms with Crippen molar-refractivity contribution < 1.29 is 0 Å². The monoisotopic (exact) mass is 229 g/mol. The van der Waals surface area contributed by atoms with Gasteiger partial charge in [0.05, 0.1) is 0 Å². The zero-order chi connectivity index (χ0) is 11.0. The normalized spacial score (nSPS) is 60.4. The molecule has 0 N–H and O–H groups in total. The molecule has 2 atom stereocenters. The Bertz CT molecular complexity index is 303. The average Bonchev–Trinajstić information content (AvgIpc) is 2.89. The van der Waals surface area contributed by atoms with Crippen LogP contribution < -0.4 is 0 Å². The van der Waals surface area contributed by atoms with Gasteiger partial charge in [0.2, 0.25) is 0 Å². The highest BCUT2D eigenvalue weighted by Crippen LogP contribution is 2.64. The van der Waals surface area contributed by atoms with E-state index in [-0.39, 0.29) is 0 Å². The Morgan fingerprint density at radius 3 is 1.94 bits per heavy atom. The van der Waals surface area contributed by atoms with E-state index in [0.29, 0.717) is 0 Å². The van der Waals surface area contributed by atoms with Crippen molar-refractivity contribution in [2.24, 2.45) is 41.4 Å². The highest BCUT2D eigenvalue weighted by atomic mass is 14.6. The molecule has 17 heavy (non-hydrogen) atoms. The summed E-state index contributed by atoms with van der Waals surface area (Å²) in [6.07, 6.45) is 14.4. The van der Waals surface area contributed by atoms with Crippen LogP contribution in [0.4, 0.5) is 0 Å². The molecule has 0 aromatic rings. The fourth-order valence-corrected chi connectivity index (χ4v) is 7.08. The zero-order valence-corrected chi connectivity index (χ0v) is 10.9. The third-order valence-electron chi connectivity index (χ3n) is 7.30. The van der Waals surface area contributed by atoms with Crippen molar-refractivity contribution in [2.45, 2.75) is 57.8 Å². The van der Waals surface area contributed by atoms with Crippen molar-refractivity contribution in [3.05, 3.63) is 5.92 Å². The van der Waals surface area contributed by atoms with Crippen LogP contribution >= 0.6 is 0 Å². The topological polar surface area (TPSA) is 0 Å². The summed E-state index contributed by atoms with van der Waals surface area (Å²) in [5.41, 5.74) is 0. The summed E-state index contributed by atoms with van der Waals surface area (Å²) in [7, 11) is 0. The van der Waals surface area contributed by atoms with Gasteiger partial charge in [-0.15, -0.1) is 0 Å². The summed E-state index contributed by atoms with van der Waals surface area (Å²) in [5.74, 6) is 10.1. The number of hydrogen-bond donors (Lipinski definition) is 0. The maximum atomic E-state index is 2.03. The molecule has 0 heteroatoms. The summed E-state index contributed by atoms with van der Waals surface area (Å²) in [4.78, 5) is 0. The molecule has 0 aromatic heterocycles. The summed E-state index contributed by atoms with van der Waals surface area (Å²) in [6, 6.07) is 0. The van der Waals surface area contributed by atoms with Gasteiger partial charge in [-0.2, -0.15) is 0 Å². The van der Waals surface area contributed by atoms with E-state index in [0.717, 1.165) is 23.7 Å². The van der Waals surface area contributed by atoms with Crippen LogP contribution in [0.3, 0.4) is 0 Å². The van der Waals surface area contributed by atoms with Gasteiger partial charge in [-0.25, -0.2) is 0 Å². The molecule has 0 amide bonds. The van der Waals surface area contributed by atoms with Crippen molar-refractivity contribution in [1.29, 1.82) is 0 Å². The quantitative estimate of drug-likeness (QED) is 0.623. The average molecular weight is 229 g/mol. The molecular formula is C17H25. The molecular weight excluding hydrogens is 204 g/mol. The second kappa shape index (κ2) is 3.31. The molecule has 2 unspecified atom stereocenters. The fraction of sp³-hybridized carbons (Fsp3) is 0.941. The standard InChI is InChI=1S/C17H25/c1-2-13-4-10(1)9-16(13)17-14-5-11-3-12(7-14)8-15(17)6-11/h10-12,14-17H,1-9H2. The third-order valence-corrected chi connectivity index (χ3v) is 7.30. The minimum atomic E-state index is 1.11. The minimum absolute atomic E-state index is 1.11. The van der Waals surface area contributed by atoms with Gasteiger partial charge in [-0.05, 0) is 105 Å². The second-order valence-electron chi connectivity index (χ2n) is 8.12. The third kappa shape index (κ3) is 1.31. The molecule has 93 valence electrons. The Morgan fingerprint density at radius 2 is 1.41 bits per heavy atom. The molecule has 6 rings (SSSR count). The van der Waals surface area contributed by atoms with Gasteiger partial charge < -0.3 is 0 Å². The summed E-state index contributed by atoms with van der Waals surface area (Å²) < 4.78 is 0. The first-order valence-corrected chi connectivity index (χ1v) is 8.21. The summed E-state index contributed by atoms with van der Waals surface area (Å²) in [5, 5.41) is 0. The van der Waals surface area contributed by atoms with E-state index in [1.807, 2.05) is 5.92 Å². The molecule has 0 saturated heterocycles. The Labute approximate surface area is 106 Å². The molecule has 0 aromatic carbocycles. The molecule has 0 spiro atoms. The van der Waals surface area contributed by atoms with E-state index in [9.17, 15) is 0 Å². The highest BCUT2D eigenvalue weighted by molar-refractivity contribution is 5.15. The largest absolute Gasteiger partial charge is 0.0499 e. The van der Waals surface area contributed by atoms with Gasteiger partial charge in [-0.3, -0.25) is 0 Å². The molecule has 1 radical (unpaired) electrons. The van der Waals surface area contributed by atoms with Gasteiger partial charge in [-0.1, -0.05) is 0 Å². The van der Waals surface area contributed by atoms with Gasteiger partial charge in [0.15, 0.2) is 0 Å². The second-order valence-corrected chi connectivity index (χ2v) is 8.12.